The molecule has 0 unspecified atom stereocenters. The summed E-state index contributed by atoms with van der Waals surface area (Å²) < 4.78 is 5.12. The van der Waals surface area contributed by atoms with Gasteiger partial charge in [-0.1, -0.05) is 6.07 Å². The topological polar surface area (TPSA) is 104 Å². The number of nitrogens with zero attached hydrogens (tertiary/aromatic N) is 1. The second-order valence-electron chi connectivity index (χ2n) is 6.91. The first kappa shape index (κ1) is 26.0. The van der Waals surface area contributed by atoms with Crippen LogP contribution >= 0.6 is 24.0 Å². The molecule has 0 aliphatic rings. The van der Waals surface area contributed by atoms with Crippen molar-refractivity contribution in [3.8, 4) is 5.75 Å². The Balaban J connectivity index is 0.00000729. The SMILES string of the molecule is CCNC(=NCC(=O)NC(C)(C)C)NCCNC(=O)c1cccc(OC)c1.I. The van der Waals surface area contributed by atoms with E-state index in [1.165, 1.54) is 0 Å². The number of carbonyl (C=O) groups is 2. The summed E-state index contributed by atoms with van der Waals surface area (Å²) >= 11 is 0. The van der Waals surface area contributed by atoms with Crippen LogP contribution in [-0.2, 0) is 4.79 Å². The fourth-order valence-electron chi connectivity index (χ4n) is 2.17. The van der Waals surface area contributed by atoms with Gasteiger partial charge in [0.2, 0.25) is 5.91 Å². The zero-order valence-electron chi connectivity index (χ0n) is 17.2. The van der Waals surface area contributed by atoms with Crippen LogP contribution in [0.5, 0.6) is 5.75 Å². The predicted molar refractivity (Wildman–Crippen MR) is 123 cm³/mol. The molecular weight excluding hydrogens is 473 g/mol. The molecule has 0 radical (unpaired) electrons. The maximum absolute atomic E-state index is 12.1. The molecule has 4 N–H and O–H groups in total. The fourth-order valence-corrected chi connectivity index (χ4v) is 2.17. The van der Waals surface area contributed by atoms with E-state index >= 15 is 0 Å². The van der Waals surface area contributed by atoms with Crippen LogP contribution in [0.4, 0.5) is 0 Å². The molecular formula is C19H32IN5O3. The highest BCUT2D eigenvalue weighted by Crippen LogP contribution is 2.12. The maximum Gasteiger partial charge on any atom is 0.251 e. The van der Waals surface area contributed by atoms with Gasteiger partial charge in [0.05, 0.1) is 7.11 Å². The van der Waals surface area contributed by atoms with Crippen molar-refractivity contribution < 1.29 is 14.3 Å². The number of aliphatic imine (C=N–C) groups is 1. The number of benzene rings is 1. The van der Waals surface area contributed by atoms with Crippen LogP contribution in [0, 0.1) is 0 Å². The van der Waals surface area contributed by atoms with Crippen molar-refractivity contribution in [2.75, 3.05) is 33.3 Å². The third kappa shape index (κ3) is 11.0. The summed E-state index contributed by atoms with van der Waals surface area (Å²) in [6, 6.07) is 6.96. The van der Waals surface area contributed by atoms with E-state index in [9.17, 15) is 9.59 Å². The van der Waals surface area contributed by atoms with Crippen LogP contribution in [0.1, 0.15) is 38.1 Å². The molecule has 1 aromatic rings. The average molecular weight is 505 g/mol. The number of hydrogen-bond acceptors (Lipinski definition) is 4. The summed E-state index contributed by atoms with van der Waals surface area (Å²) in [5.74, 6) is 0.835. The lowest BCUT2D eigenvalue weighted by Gasteiger charge is -2.20. The number of rotatable bonds is 8. The zero-order valence-corrected chi connectivity index (χ0v) is 19.5. The fraction of sp³-hybridized carbons (Fsp3) is 0.526. The second-order valence-corrected chi connectivity index (χ2v) is 6.91. The molecule has 0 spiro atoms. The van der Waals surface area contributed by atoms with Crippen LogP contribution in [0.15, 0.2) is 29.3 Å². The lowest BCUT2D eigenvalue weighted by atomic mass is 10.1. The van der Waals surface area contributed by atoms with Crippen LogP contribution < -0.4 is 26.0 Å². The molecule has 9 heteroatoms. The summed E-state index contributed by atoms with van der Waals surface area (Å²) in [7, 11) is 1.56. The molecule has 0 atom stereocenters. The van der Waals surface area contributed by atoms with Crippen molar-refractivity contribution in [3.05, 3.63) is 29.8 Å². The summed E-state index contributed by atoms with van der Waals surface area (Å²) in [6.45, 7) is 9.29. The van der Waals surface area contributed by atoms with Crippen molar-refractivity contribution in [2.24, 2.45) is 4.99 Å². The Morgan fingerprint density at radius 1 is 1.11 bits per heavy atom. The van der Waals surface area contributed by atoms with Gasteiger partial charge in [-0.2, -0.15) is 0 Å². The molecule has 0 aromatic heterocycles. The molecule has 0 saturated carbocycles. The van der Waals surface area contributed by atoms with Crippen molar-refractivity contribution in [1.82, 2.24) is 21.3 Å². The normalized spacial score (nSPS) is 11.1. The summed E-state index contributed by atoms with van der Waals surface area (Å²) in [5, 5.41) is 11.8. The molecule has 0 aliphatic heterocycles. The molecule has 8 nitrogen and oxygen atoms in total. The summed E-state index contributed by atoms with van der Waals surface area (Å²) in [6.07, 6.45) is 0. The standard InChI is InChI=1S/C19H31N5O3.HI/c1-6-20-18(23-13-16(25)24-19(2,3)4)22-11-10-21-17(26)14-8-7-9-15(12-14)27-5;/h7-9,12H,6,10-11,13H2,1-5H3,(H,21,26)(H,24,25)(H2,20,22,23);1H. The number of amides is 2. The predicted octanol–water partition coefficient (Wildman–Crippen LogP) is 1.51. The Morgan fingerprint density at radius 3 is 2.39 bits per heavy atom. The van der Waals surface area contributed by atoms with E-state index in [0.717, 1.165) is 0 Å². The molecule has 28 heavy (non-hydrogen) atoms. The molecule has 0 fully saturated rings. The van der Waals surface area contributed by atoms with Crippen molar-refractivity contribution in [1.29, 1.82) is 0 Å². The molecule has 1 rings (SSSR count). The van der Waals surface area contributed by atoms with Gasteiger partial charge in [-0.25, -0.2) is 4.99 Å². The number of ether oxygens (including phenoxy) is 1. The van der Waals surface area contributed by atoms with Crippen LogP contribution in [0.2, 0.25) is 0 Å². The molecule has 158 valence electrons. The Morgan fingerprint density at radius 2 is 1.79 bits per heavy atom. The second kappa shape index (κ2) is 13.2. The van der Waals surface area contributed by atoms with E-state index in [2.05, 4.69) is 26.3 Å². The van der Waals surface area contributed by atoms with Crippen molar-refractivity contribution >= 4 is 41.8 Å². The summed E-state index contributed by atoms with van der Waals surface area (Å²) in [5.41, 5.74) is 0.247. The average Bonchev–Trinajstić information content (AvgIpc) is 2.61. The Labute approximate surface area is 184 Å². The lowest BCUT2D eigenvalue weighted by molar-refractivity contribution is -0.121. The van der Waals surface area contributed by atoms with Crippen molar-refractivity contribution in [2.45, 2.75) is 33.2 Å². The van der Waals surface area contributed by atoms with E-state index in [4.69, 9.17) is 4.74 Å². The number of halogens is 1. The monoisotopic (exact) mass is 505 g/mol. The first-order chi connectivity index (χ1) is 12.7. The molecule has 1 aromatic carbocycles. The lowest BCUT2D eigenvalue weighted by Crippen LogP contribution is -2.44. The largest absolute Gasteiger partial charge is 0.497 e. The van der Waals surface area contributed by atoms with Gasteiger partial charge in [0.1, 0.15) is 12.3 Å². The number of methoxy groups -OCH3 is 1. The minimum atomic E-state index is -0.289. The molecule has 0 aliphatic carbocycles. The first-order valence-corrected chi connectivity index (χ1v) is 9.00. The van der Waals surface area contributed by atoms with Gasteiger partial charge in [0.15, 0.2) is 5.96 Å². The van der Waals surface area contributed by atoms with Gasteiger partial charge < -0.3 is 26.0 Å². The van der Waals surface area contributed by atoms with Gasteiger partial charge in [-0.15, -0.1) is 24.0 Å². The van der Waals surface area contributed by atoms with Gasteiger partial charge >= 0.3 is 0 Å². The van der Waals surface area contributed by atoms with E-state index < -0.39 is 0 Å². The maximum atomic E-state index is 12.1. The van der Waals surface area contributed by atoms with Gasteiger partial charge in [-0.3, -0.25) is 9.59 Å². The first-order valence-electron chi connectivity index (χ1n) is 9.00. The number of nitrogens with one attached hydrogen (secondary N) is 4. The summed E-state index contributed by atoms with van der Waals surface area (Å²) in [4.78, 5) is 28.2. The highest BCUT2D eigenvalue weighted by Gasteiger charge is 2.13. The number of hydrogen-bond donors (Lipinski definition) is 4. The van der Waals surface area contributed by atoms with Crippen LogP contribution in [0.25, 0.3) is 0 Å². The Kier molecular flexibility index (Phi) is 12.2. The minimum Gasteiger partial charge on any atom is -0.497 e. The van der Waals surface area contributed by atoms with Crippen molar-refractivity contribution in [3.63, 3.8) is 0 Å². The third-order valence-electron chi connectivity index (χ3n) is 3.27. The Hall–Kier alpha value is -2.04. The minimum absolute atomic E-state index is 0. The molecule has 0 bridgehead atoms. The molecule has 0 saturated heterocycles. The highest BCUT2D eigenvalue weighted by molar-refractivity contribution is 14.0. The van der Waals surface area contributed by atoms with Gasteiger partial charge in [-0.05, 0) is 45.9 Å². The van der Waals surface area contributed by atoms with E-state index in [-0.39, 0.29) is 47.9 Å². The highest BCUT2D eigenvalue weighted by atomic mass is 127. The van der Waals surface area contributed by atoms with E-state index in [0.29, 0.717) is 36.9 Å². The quantitative estimate of drug-likeness (QED) is 0.186. The molecule has 2 amide bonds. The van der Waals surface area contributed by atoms with Gasteiger partial charge in [0, 0.05) is 30.7 Å². The number of carbonyl (C=O) groups excluding carboxylic acids is 2. The van der Waals surface area contributed by atoms with Gasteiger partial charge in [0.25, 0.3) is 5.91 Å². The van der Waals surface area contributed by atoms with Crippen LogP contribution in [0.3, 0.4) is 0 Å². The number of guanidine groups is 1. The third-order valence-corrected chi connectivity index (χ3v) is 3.27. The van der Waals surface area contributed by atoms with Crippen LogP contribution in [-0.4, -0.2) is 56.6 Å². The smallest absolute Gasteiger partial charge is 0.251 e. The molecule has 0 heterocycles. The van der Waals surface area contributed by atoms with E-state index in [1.807, 2.05) is 27.7 Å². The van der Waals surface area contributed by atoms with E-state index in [1.54, 1.807) is 31.4 Å². The zero-order chi connectivity index (χ0) is 20.3. The Bertz CT molecular complexity index is 659.